The molecule has 0 spiro atoms. The largest absolute Gasteiger partial charge is 0.370 e. The lowest BCUT2D eigenvalue weighted by molar-refractivity contribution is 0.810. The maximum absolute atomic E-state index is 5.43. The molecule has 9 heteroatoms. The third kappa shape index (κ3) is 6.83. The molecular weight excluding hydrogens is 402 g/mol. The summed E-state index contributed by atoms with van der Waals surface area (Å²) >= 11 is 0. The second-order valence-corrected chi connectivity index (χ2v) is 7.21. The Morgan fingerprint density at radius 2 is 1.41 bits per heavy atom. The topological polar surface area (TPSA) is 130 Å². The minimum atomic E-state index is 0.0816. The summed E-state index contributed by atoms with van der Waals surface area (Å²) in [7, 11) is 0. The summed E-state index contributed by atoms with van der Waals surface area (Å²) in [5.74, 6) is 1.78. The van der Waals surface area contributed by atoms with Crippen LogP contribution in [0.1, 0.15) is 30.5 Å². The van der Waals surface area contributed by atoms with E-state index in [-0.39, 0.29) is 5.96 Å². The van der Waals surface area contributed by atoms with Gasteiger partial charge in [-0.05, 0) is 30.5 Å². The number of anilines is 3. The highest BCUT2D eigenvalue weighted by Crippen LogP contribution is 2.16. The van der Waals surface area contributed by atoms with E-state index in [1.807, 2.05) is 36.4 Å². The van der Waals surface area contributed by atoms with Crippen LogP contribution in [0.4, 0.5) is 17.8 Å². The molecule has 168 valence electrons. The van der Waals surface area contributed by atoms with Crippen molar-refractivity contribution in [2.24, 2.45) is 16.5 Å². The maximum atomic E-state index is 5.43. The van der Waals surface area contributed by atoms with Crippen molar-refractivity contribution in [1.82, 2.24) is 15.0 Å². The normalized spacial score (nSPS) is 10.4. The lowest BCUT2D eigenvalue weighted by Crippen LogP contribution is -2.25. The number of hydrogen-bond acceptors (Lipinski definition) is 7. The van der Waals surface area contributed by atoms with Crippen molar-refractivity contribution in [2.75, 3.05) is 28.6 Å². The lowest BCUT2D eigenvalue weighted by Gasteiger charge is -2.20. The predicted molar refractivity (Wildman–Crippen MR) is 130 cm³/mol. The first-order valence-electron chi connectivity index (χ1n) is 10.7. The van der Waals surface area contributed by atoms with Crippen molar-refractivity contribution < 1.29 is 0 Å². The molecular formula is C23H31N9. The quantitative estimate of drug-likeness (QED) is 0.268. The highest BCUT2D eigenvalue weighted by molar-refractivity contribution is 5.75. The van der Waals surface area contributed by atoms with E-state index in [0.29, 0.717) is 37.5 Å². The zero-order valence-corrected chi connectivity index (χ0v) is 18.6. The number of nitrogens with one attached hydrogen (secondary N) is 2. The van der Waals surface area contributed by atoms with Crippen molar-refractivity contribution in [2.45, 2.75) is 33.5 Å². The van der Waals surface area contributed by atoms with Crippen molar-refractivity contribution in [3.63, 3.8) is 0 Å². The van der Waals surface area contributed by atoms with Gasteiger partial charge in [0, 0.05) is 26.2 Å². The molecule has 0 bridgehead atoms. The molecule has 0 unspecified atom stereocenters. The summed E-state index contributed by atoms with van der Waals surface area (Å²) in [5, 5.41) is 6.63. The Labute approximate surface area is 189 Å². The van der Waals surface area contributed by atoms with Crippen LogP contribution in [0.2, 0.25) is 0 Å². The first-order valence-corrected chi connectivity index (χ1v) is 10.7. The Morgan fingerprint density at radius 1 is 0.812 bits per heavy atom. The van der Waals surface area contributed by atoms with Gasteiger partial charge in [-0.25, -0.2) is 4.99 Å². The number of benzene rings is 2. The zero-order valence-electron chi connectivity index (χ0n) is 18.6. The summed E-state index contributed by atoms with van der Waals surface area (Å²) < 4.78 is 0. The summed E-state index contributed by atoms with van der Waals surface area (Å²) in [6.45, 7) is 7.43. The van der Waals surface area contributed by atoms with Crippen molar-refractivity contribution in [3.05, 3.63) is 71.3 Å². The summed E-state index contributed by atoms with van der Waals surface area (Å²) in [5.41, 5.74) is 14.1. The minimum absolute atomic E-state index is 0.0816. The maximum Gasteiger partial charge on any atom is 0.231 e. The Morgan fingerprint density at radius 3 is 2.03 bits per heavy atom. The molecule has 0 aliphatic rings. The average Bonchev–Trinajstić information content (AvgIpc) is 2.82. The van der Waals surface area contributed by atoms with Gasteiger partial charge in [-0.2, -0.15) is 15.0 Å². The highest BCUT2D eigenvalue weighted by atomic mass is 15.3. The number of aliphatic imine (C=N–C) groups is 1. The fraction of sp³-hybridized carbons (Fsp3) is 0.304. The van der Waals surface area contributed by atoms with Crippen LogP contribution in [0, 0.1) is 0 Å². The number of aromatic nitrogens is 3. The summed E-state index contributed by atoms with van der Waals surface area (Å²) in [4.78, 5) is 20.0. The van der Waals surface area contributed by atoms with E-state index in [0.717, 1.165) is 29.8 Å². The summed E-state index contributed by atoms with van der Waals surface area (Å²) in [6.07, 6.45) is 0. The van der Waals surface area contributed by atoms with Gasteiger partial charge in [-0.1, -0.05) is 54.6 Å². The van der Waals surface area contributed by atoms with E-state index in [9.17, 15) is 0 Å². The lowest BCUT2D eigenvalue weighted by atomic mass is 10.1. The molecule has 1 heterocycles. The number of guanidine groups is 1. The molecule has 1 aromatic heterocycles. The molecule has 6 N–H and O–H groups in total. The van der Waals surface area contributed by atoms with Crippen LogP contribution in [0.25, 0.3) is 0 Å². The first kappa shape index (κ1) is 22.8. The molecule has 0 radical (unpaired) electrons. The third-order valence-electron chi connectivity index (χ3n) is 4.85. The van der Waals surface area contributed by atoms with Crippen molar-refractivity contribution in [3.8, 4) is 0 Å². The van der Waals surface area contributed by atoms with E-state index in [2.05, 4.69) is 67.5 Å². The van der Waals surface area contributed by atoms with E-state index >= 15 is 0 Å². The third-order valence-corrected chi connectivity index (χ3v) is 4.85. The minimum Gasteiger partial charge on any atom is -0.370 e. The van der Waals surface area contributed by atoms with Crippen molar-refractivity contribution in [1.29, 1.82) is 0 Å². The van der Waals surface area contributed by atoms with Gasteiger partial charge in [0.05, 0.1) is 6.54 Å². The molecule has 0 saturated heterocycles. The molecule has 0 saturated carbocycles. The van der Waals surface area contributed by atoms with Gasteiger partial charge in [-0.3, -0.25) is 0 Å². The van der Waals surface area contributed by atoms with Crippen LogP contribution in [-0.2, 0) is 19.6 Å². The zero-order chi connectivity index (χ0) is 22.8. The second-order valence-electron chi connectivity index (χ2n) is 7.21. The van der Waals surface area contributed by atoms with Crippen LogP contribution in [0.3, 0.4) is 0 Å². The van der Waals surface area contributed by atoms with Crippen LogP contribution in [0.5, 0.6) is 0 Å². The van der Waals surface area contributed by atoms with E-state index in [4.69, 9.17) is 11.5 Å². The average molecular weight is 434 g/mol. The Kier molecular flexibility index (Phi) is 8.19. The van der Waals surface area contributed by atoms with E-state index in [1.165, 1.54) is 0 Å². The van der Waals surface area contributed by atoms with Crippen molar-refractivity contribution >= 4 is 23.8 Å². The van der Waals surface area contributed by atoms with Gasteiger partial charge < -0.3 is 27.0 Å². The van der Waals surface area contributed by atoms with Gasteiger partial charge in [-0.15, -0.1) is 0 Å². The standard InChI is InChI=1S/C23H31N9/c1-3-32(4-2)23-30-21(27-14-17-9-6-5-7-10-17)29-22(31-23)28-16-19-12-8-11-18(13-19)15-26-20(24)25/h5-13H,3-4,14-16H2,1-2H3,(H4,24,25,26)(H2,27,28,29,30,31). The van der Waals surface area contributed by atoms with E-state index in [1.54, 1.807) is 0 Å². The van der Waals surface area contributed by atoms with Crippen LogP contribution < -0.4 is 27.0 Å². The number of hydrogen-bond donors (Lipinski definition) is 4. The molecule has 3 aromatic rings. The molecule has 0 fully saturated rings. The number of rotatable bonds is 11. The Bertz CT molecular complexity index is 1010. The SMILES string of the molecule is CCN(CC)c1nc(NCc2ccccc2)nc(NCc2cccc(CN=C(N)N)c2)n1. The van der Waals surface area contributed by atoms with Gasteiger partial charge in [0.15, 0.2) is 5.96 Å². The van der Waals surface area contributed by atoms with Gasteiger partial charge in [0.1, 0.15) is 0 Å². The number of nitrogens with two attached hydrogens (primary N) is 2. The second kappa shape index (κ2) is 11.5. The van der Waals surface area contributed by atoms with Crippen LogP contribution >= 0.6 is 0 Å². The van der Waals surface area contributed by atoms with Gasteiger partial charge in [0.25, 0.3) is 0 Å². The summed E-state index contributed by atoms with van der Waals surface area (Å²) in [6, 6.07) is 18.2. The monoisotopic (exact) mass is 433 g/mol. The fourth-order valence-corrected chi connectivity index (χ4v) is 3.15. The molecule has 0 amide bonds. The Hall–Kier alpha value is -3.88. The van der Waals surface area contributed by atoms with Gasteiger partial charge >= 0.3 is 0 Å². The molecule has 0 aliphatic carbocycles. The van der Waals surface area contributed by atoms with E-state index < -0.39 is 0 Å². The molecule has 9 nitrogen and oxygen atoms in total. The predicted octanol–water partition coefficient (Wildman–Crippen LogP) is 2.72. The molecule has 32 heavy (non-hydrogen) atoms. The van der Waals surface area contributed by atoms with Gasteiger partial charge in [0.2, 0.25) is 17.8 Å². The Balaban J connectivity index is 1.75. The smallest absolute Gasteiger partial charge is 0.231 e. The van der Waals surface area contributed by atoms with Crippen LogP contribution in [-0.4, -0.2) is 34.0 Å². The molecule has 3 rings (SSSR count). The number of nitrogens with zero attached hydrogens (tertiary/aromatic N) is 5. The first-order chi connectivity index (χ1) is 15.6. The fourth-order valence-electron chi connectivity index (χ4n) is 3.15. The molecule has 0 atom stereocenters. The highest BCUT2D eigenvalue weighted by Gasteiger charge is 2.11. The molecule has 2 aromatic carbocycles. The molecule has 0 aliphatic heterocycles. The van der Waals surface area contributed by atoms with Crippen LogP contribution in [0.15, 0.2) is 59.6 Å².